The molecule has 2 aromatic rings. The summed E-state index contributed by atoms with van der Waals surface area (Å²) >= 11 is 0. The third kappa shape index (κ3) is 5.81. The van der Waals surface area contributed by atoms with Crippen LogP contribution in [-0.2, 0) is 14.8 Å². The van der Waals surface area contributed by atoms with Gasteiger partial charge in [-0.05, 0) is 54.5 Å². The van der Waals surface area contributed by atoms with Crippen LogP contribution in [0.3, 0.4) is 0 Å². The highest BCUT2D eigenvalue weighted by Gasteiger charge is 2.12. The molecule has 0 aliphatic carbocycles. The molecule has 0 aliphatic rings. The van der Waals surface area contributed by atoms with Crippen LogP contribution in [-0.4, -0.2) is 20.9 Å². The van der Waals surface area contributed by atoms with Gasteiger partial charge in [0.25, 0.3) is 0 Å². The van der Waals surface area contributed by atoms with Gasteiger partial charge >= 0.3 is 0 Å². The maximum Gasteiger partial charge on any atom is 0.248 e. The maximum atomic E-state index is 12.8. The van der Waals surface area contributed by atoms with E-state index in [-0.39, 0.29) is 16.6 Å². The van der Waals surface area contributed by atoms with Gasteiger partial charge in [-0.3, -0.25) is 4.79 Å². The number of hydrogen-bond donors (Lipinski definition) is 2. The lowest BCUT2D eigenvalue weighted by atomic mass is 10.2. The van der Waals surface area contributed by atoms with Crippen LogP contribution in [0.25, 0.3) is 6.08 Å². The van der Waals surface area contributed by atoms with Crippen molar-refractivity contribution in [3.05, 3.63) is 66.0 Å². The zero-order chi connectivity index (χ0) is 18.3. The van der Waals surface area contributed by atoms with Gasteiger partial charge in [0.1, 0.15) is 5.82 Å². The zero-order valence-electron chi connectivity index (χ0n) is 13.7. The van der Waals surface area contributed by atoms with Gasteiger partial charge < -0.3 is 5.32 Å². The number of amides is 1. The second-order valence-corrected chi connectivity index (χ2v) is 7.06. The Labute approximate surface area is 146 Å². The summed E-state index contributed by atoms with van der Waals surface area (Å²) in [6.07, 6.45) is 3.58. The second-order valence-electron chi connectivity index (χ2n) is 5.30. The summed E-state index contributed by atoms with van der Waals surface area (Å²) in [5.74, 6) is -0.714. The molecule has 2 N–H and O–H groups in total. The van der Waals surface area contributed by atoms with E-state index in [0.29, 0.717) is 24.2 Å². The van der Waals surface area contributed by atoms with Crippen molar-refractivity contribution in [2.75, 3.05) is 11.9 Å². The molecule has 0 heterocycles. The molecule has 1 amide bonds. The lowest BCUT2D eigenvalue weighted by molar-refractivity contribution is -0.111. The van der Waals surface area contributed by atoms with Gasteiger partial charge in [0, 0.05) is 18.3 Å². The minimum Gasteiger partial charge on any atom is -0.323 e. The Balaban J connectivity index is 1.98. The van der Waals surface area contributed by atoms with E-state index >= 15 is 0 Å². The molecule has 25 heavy (non-hydrogen) atoms. The fraction of sp³-hybridized carbons (Fsp3) is 0.167. The fourth-order valence-electron chi connectivity index (χ4n) is 1.97. The SMILES string of the molecule is CCCNS(=O)(=O)c1ccc(NC(=O)/C=C/c2ccc(F)cc2)cc1. The molecule has 0 fully saturated rings. The first-order chi connectivity index (χ1) is 11.9. The molecule has 2 rings (SSSR count). The topological polar surface area (TPSA) is 75.3 Å². The molecule has 0 spiro atoms. The summed E-state index contributed by atoms with van der Waals surface area (Å²) in [5.41, 5.74) is 1.17. The van der Waals surface area contributed by atoms with E-state index in [1.54, 1.807) is 18.2 Å². The number of anilines is 1. The summed E-state index contributed by atoms with van der Waals surface area (Å²) < 4.78 is 39.2. The molecule has 0 saturated heterocycles. The van der Waals surface area contributed by atoms with E-state index in [1.807, 2.05) is 6.92 Å². The van der Waals surface area contributed by atoms with E-state index in [4.69, 9.17) is 0 Å². The minimum absolute atomic E-state index is 0.140. The van der Waals surface area contributed by atoms with Crippen LogP contribution in [0.4, 0.5) is 10.1 Å². The Morgan fingerprint density at radius 3 is 2.32 bits per heavy atom. The molecule has 0 radical (unpaired) electrons. The lowest BCUT2D eigenvalue weighted by Crippen LogP contribution is -2.24. The highest BCUT2D eigenvalue weighted by Crippen LogP contribution is 2.14. The number of nitrogens with one attached hydrogen (secondary N) is 2. The monoisotopic (exact) mass is 362 g/mol. The second kappa shape index (κ2) is 8.55. The molecule has 0 atom stereocenters. The summed E-state index contributed by atoms with van der Waals surface area (Å²) in [6.45, 7) is 2.25. The Morgan fingerprint density at radius 1 is 1.08 bits per heavy atom. The zero-order valence-corrected chi connectivity index (χ0v) is 14.5. The largest absolute Gasteiger partial charge is 0.323 e. The number of halogens is 1. The van der Waals surface area contributed by atoms with Crippen molar-refractivity contribution in [2.45, 2.75) is 18.2 Å². The number of sulfonamides is 1. The van der Waals surface area contributed by atoms with E-state index < -0.39 is 10.0 Å². The average molecular weight is 362 g/mol. The van der Waals surface area contributed by atoms with E-state index in [1.165, 1.54) is 42.5 Å². The third-order valence-corrected chi connectivity index (χ3v) is 4.75. The van der Waals surface area contributed by atoms with Crippen LogP contribution in [0, 0.1) is 5.82 Å². The molecule has 0 bridgehead atoms. The third-order valence-electron chi connectivity index (χ3n) is 3.27. The average Bonchev–Trinajstić information content (AvgIpc) is 2.60. The standard InChI is InChI=1S/C18H19FN2O3S/c1-2-13-20-25(23,24)17-10-8-16(9-11-17)21-18(22)12-5-14-3-6-15(19)7-4-14/h3-12,20H,2,13H2,1H3,(H,21,22)/b12-5+. The van der Waals surface area contributed by atoms with Crippen molar-refractivity contribution in [2.24, 2.45) is 0 Å². The van der Waals surface area contributed by atoms with Crippen molar-refractivity contribution >= 4 is 27.7 Å². The minimum atomic E-state index is -3.52. The van der Waals surface area contributed by atoms with Crippen molar-refractivity contribution in [1.29, 1.82) is 0 Å². The smallest absolute Gasteiger partial charge is 0.248 e. The van der Waals surface area contributed by atoms with Gasteiger partial charge in [-0.1, -0.05) is 19.1 Å². The van der Waals surface area contributed by atoms with Crippen LogP contribution >= 0.6 is 0 Å². The van der Waals surface area contributed by atoms with Crippen LogP contribution in [0.5, 0.6) is 0 Å². The predicted molar refractivity (Wildman–Crippen MR) is 96.0 cm³/mol. The fourth-order valence-corrected chi connectivity index (χ4v) is 3.10. The van der Waals surface area contributed by atoms with Gasteiger partial charge in [-0.15, -0.1) is 0 Å². The summed E-state index contributed by atoms with van der Waals surface area (Å²) in [4.78, 5) is 12.0. The Morgan fingerprint density at radius 2 is 1.72 bits per heavy atom. The van der Waals surface area contributed by atoms with Gasteiger partial charge in [0.15, 0.2) is 0 Å². The number of hydrogen-bond acceptors (Lipinski definition) is 3. The van der Waals surface area contributed by atoms with Gasteiger partial charge in [0.2, 0.25) is 15.9 Å². The number of carbonyl (C=O) groups excluding carboxylic acids is 1. The van der Waals surface area contributed by atoms with Crippen LogP contribution in [0.2, 0.25) is 0 Å². The molecule has 132 valence electrons. The van der Waals surface area contributed by atoms with Crippen molar-refractivity contribution in [3.63, 3.8) is 0 Å². The van der Waals surface area contributed by atoms with Crippen molar-refractivity contribution in [3.8, 4) is 0 Å². The molecule has 7 heteroatoms. The highest BCUT2D eigenvalue weighted by molar-refractivity contribution is 7.89. The molecule has 0 aliphatic heterocycles. The summed E-state index contributed by atoms with van der Waals surface area (Å²) in [7, 11) is -3.52. The van der Waals surface area contributed by atoms with E-state index in [9.17, 15) is 17.6 Å². The molecule has 0 saturated carbocycles. The molecule has 0 aromatic heterocycles. The normalized spacial score (nSPS) is 11.6. The number of benzene rings is 2. The Hall–Kier alpha value is -2.51. The van der Waals surface area contributed by atoms with Crippen LogP contribution in [0.1, 0.15) is 18.9 Å². The van der Waals surface area contributed by atoms with Crippen LogP contribution < -0.4 is 10.0 Å². The Bertz CT molecular complexity index is 845. The first-order valence-corrected chi connectivity index (χ1v) is 9.23. The lowest BCUT2D eigenvalue weighted by Gasteiger charge is -2.07. The molecule has 0 unspecified atom stereocenters. The van der Waals surface area contributed by atoms with E-state index in [0.717, 1.165) is 0 Å². The number of carbonyl (C=O) groups is 1. The Kier molecular flexibility index (Phi) is 6.44. The van der Waals surface area contributed by atoms with Gasteiger partial charge in [-0.25, -0.2) is 17.5 Å². The molecular formula is C18H19FN2O3S. The first kappa shape index (κ1) is 18.8. The first-order valence-electron chi connectivity index (χ1n) is 7.75. The maximum absolute atomic E-state index is 12.8. The predicted octanol–water partition coefficient (Wildman–Crippen LogP) is 3.17. The summed E-state index contributed by atoms with van der Waals surface area (Å²) in [6, 6.07) is 11.6. The molecule has 2 aromatic carbocycles. The summed E-state index contributed by atoms with van der Waals surface area (Å²) in [5, 5.41) is 2.63. The molecular weight excluding hydrogens is 343 g/mol. The van der Waals surface area contributed by atoms with Crippen LogP contribution in [0.15, 0.2) is 59.5 Å². The molecule has 5 nitrogen and oxygen atoms in total. The van der Waals surface area contributed by atoms with Gasteiger partial charge in [0.05, 0.1) is 4.90 Å². The number of rotatable bonds is 7. The van der Waals surface area contributed by atoms with Crippen molar-refractivity contribution < 1.29 is 17.6 Å². The van der Waals surface area contributed by atoms with Gasteiger partial charge in [-0.2, -0.15) is 0 Å². The van der Waals surface area contributed by atoms with Crippen molar-refractivity contribution in [1.82, 2.24) is 4.72 Å². The van der Waals surface area contributed by atoms with E-state index in [2.05, 4.69) is 10.0 Å². The quantitative estimate of drug-likeness (QED) is 0.743. The highest BCUT2D eigenvalue weighted by atomic mass is 32.2.